The average Bonchev–Trinajstić information content (AvgIpc) is 3.08. The summed E-state index contributed by atoms with van der Waals surface area (Å²) in [5.74, 6) is -0.406. The van der Waals surface area contributed by atoms with Crippen LogP contribution < -0.4 is 10.6 Å². The molecule has 0 saturated carbocycles. The lowest BCUT2D eigenvalue weighted by molar-refractivity contribution is -0.123. The molecule has 0 aliphatic carbocycles. The summed E-state index contributed by atoms with van der Waals surface area (Å²) in [5.41, 5.74) is 4.95. The quantitative estimate of drug-likeness (QED) is 0.352. The van der Waals surface area contributed by atoms with Crippen molar-refractivity contribution in [3.63, 3.8) is 0 Å². The predicted molar refractivity (Wildman–Crippen MR) is 154 cm³/mol. The Kier molecular flexibility index (Phi) is 7.68. The van der Waals surface area contributed by atoms with E-state index < -0.39 is 29.8 Å². The maximum Gasteiger partial charge on any atom is 0.408 e. The minimum Gasteiger partial charge on any atom is -0.444 e. The summed E-state index contributed by atoms with van der Waals surface area (Å²) in [6.07, 6.45) is 1.96. The molecule has 202 valence electrons. The maximum absolute atomic E-state index is 13.9. The lowest BCUT2D eigenvalue weighted by atomic mass is 9.95. The molecule has 1 aliphatic heterocycles. The number of nitrogens with one attached hydrogen (secondary N) is 2. The molecule has 8 nitrogen and oxygen atoms in total. The molecule has 1 aliphatic rings. The Hall–Kier alpha value is -4.85. The van der Waals surface area contributed by atoms with E-state index in [9.17, 15) is 9.59 Å². The summed E-state index contributed by atoms with van der Waals surface area (Å²) in [4.78, 5) is 40.5. The van der Waals surface area contributed by atoms with E-state index in [-0.39, 0.29) is 6.42 Å². The zero-order chi connectivity index (χ0) is 28.1. The maximum atomic E-state index is 13.9. The molecule has 0 spiro atoms. The molecule has 40 heavy (non-hydrogen) atoms. The Morgan fingerprint density at radius 3 is 2.25 bits per heavy atom. The molecule has 2 heterocycles. The zero-order valence-electron chi connectivity index (χ0n) is 22.7. The highest BCUT2D eigenvalue weighted by Gasteiger charge is 2.30. The van der Waals surface area contributed by atoms with Crippen LogP contribution in [-0.2, 0) is 16.0 Å². The van der Waals surface area contributed by atoms with Gasteiger partial charge in [-0.2, -0.15) is 0 Å². The van der Waals surface area contributed by atoms with E-state index in [2.05, 4.69) is 20.6 Å². The van der Waals surface area contributed by atoms with Crippen molar-refractivity contribution in [2.24, 2.45) is 4.99 Å². The largest absolute Gasteiger partial charge is 0.444 e. The predicted octanol–water partition coefficient (Wildman–Crippen LogP) is 5.25. The number of amides is 2. The summed E-state index contributed by atoms with van der Waals surface area (Å²) in [7, 11) is 0. The van der Waals surface area contributed by atoms with Crippen molar-refractivity contribution in [2.45, 2.75) is 45.0 Å². The van der Waals surface area contributed by atoms with Crippen molar-refractivity contribution in [3.8, 4) is 11.3 Å². The molecule has 0 fully saturated rings. The molecule has 4 aromatic rings. The fourth-order valence-corrected chi connectivity index (χ4v) is 4.61. The van der Waals surface area contributed by atoms with Crippen LogP contribution in [0.4, 0.5) is 4.79 Å². The van der Waals surface area contributed by atoms with Gasteiger partial charge in [0.2, 0.25) is 5.91 Å². The van der Waals surface area contributed by atoms with Crippen molar-refractivity contribution < 1.29 is 14.3 Å². The number of fused-ring (bicyclic) bond motifs is 3. The number of hydrogen-bond acceptors (Lipinski definition) is 6. The molecule has 0 saturated heterocycles. The van der Waals surface area contributed by atoms with Crippen LogP contribution in [0.3, 0.4) is 0 Å². The number of nitrogens with zero attached hydrogens (tertiary/aromatic N) is 3. The van der Waals surface area contributed by atoms with Gasteiger partial charge < -0.3 is 15.4 Å². The highest BCUT2D eigenvalue weighted by Crippen LogP contribution is 2.34. The molecule has 8 heteroatoms. The third kappa shape index (κ3) is 6.23. The Labute approximate surface area is 233 Å². The van der Waals surface area contributed by atoms with Gasteiger partial charge in [0, 0.05) is 34.9 Å². The number of carbonyl (C=O) groups excluding carboxylic acids is 2. The number of aliphatic imine (C=N–C) groups is 1. The Balaban J connectivity index is 1.53. The van der Waals surface area contributed by atoms with E-state index in [4.69, 9.17) is 9.73 Å². The van der Waals surface area contributed by atoms with Crippen LogP contribution in [0.5, 0.6) is 0 Å². The van der Waals surface area contributed by atoms with E-state index in [1.54, 1.807) is 27.0 Å². The average molecular weight is 534 g/mol. The molecule has 0 unspecified atom stereocenters. The van der Waals surface area contributed by atoms with E-state index >= 15 is 0 Å². The summed E-state index contributed by atoms with van der Waals surface area (Å²) >= 11 is 0. The van der Waals surface area contributed by atoms with E-state index in [1.807, 2.05) is 84.9 Å². The first kappa shape index (κ1) is 26.7. The van der Waals surface area contributed by atoms with Gasteiger partial charge in [-0.15, -0.1) is 0 Å². The second-order valence-corrected chi connectivity index (χ2v) is 10.5. The molecule has 0 radical (unpaired) electrons. The number of ether oxygens (including phenoxy) is 1. The van der Waals surface area contributed by atoms with Gasteiger partial charge in [0.25, 0.3) is 0 Å². The molecule has 2 N–H and O–H groups in total. The van der Waals surface area contributed by atoms with Crippen molar-refractivity contribution in [3.05, 3.63) is 120 Å². The molecule has 5 rings (SSSR count). The van der Waals surface area contributed by atoms with Gasteiger partial charge in [-0.05, 0) is 26.3 Å². The fraction of sp³-hybridized carbons (Fsp3) is 0.219. The van der Waals surface area contributed by atoms with E-state index in [1.165, 1.54) is 6.33 Å². The van der Waals surface area contributed by atoms with Gasteiger partial charge in [-0.25, -0.2) is 14.8 Å². The number of aromatic nitrogens is 2. The number of carbonyl (C=O) groups is 2. The highest BCUT2D eigenvalue weighted by atomic mass is 16.6. The van der Waals surface area contributed by atoms with Crippen LogP contribution in [0, 0.1) is 0 Å². The molecule has 1 aromatic heterocycles. The lowest BCUT2D eigenvalue weighted by Gasteiger charge is -2.25. The zero-order valence-corrected chi connectivity index (χ0v) is 22.7. The second-order valence-electron chi connectivity index (χ2n) is 10.5. The van der Waals surface area contributed by atoms with Gasteiger partial charge in [-0.1, -0.05) is 84.9 Å². The SMILES string of the molecule is CC(C)(C)OC(=O)N[C@@H](Cc1ccccc1)C(=O)N[C@@H]1N=C(c2ccccc2)c2ccccc2-c2ncncc21. The van der Waals surface area contributed by atoms with Crippen molar-refractivity contribution in [1.82, 2.24) is 20.6 Å². The third-order valence-corrected chi connectivity index (χ3v) is 6.35. The van der Waals surface area contributed by atoms with Crippen LogP contribution in [0.25, 0.3) is 11.3 Å². The van der Waals surface area contributed by atoms with Crippen molar-refractivity contribution in [1.29, 1.82) is 0 Å². The van der Waals surface area contributed by atoms with Gasteiger partial charge >= 0.3 is 6.09 Å². The number of benzene rings is 3. The molecule has 3 aromatic carbocycles. The molecule has 2 amide bonds. The normalized spacial score (nSPS) is 15.0. The van der Waals surface area contributed by atoms with Crippen LogP contribution in [-0.4, -0.2) is 39.3 Å². The molecular weight excluding hydrogens is 502 g/mol. The third-order valence-electron chi connectivity index (χ3n) is 6.35. The van der Waals surface area contributed by atoms with Crippen LogP contribution in [0.2, 0.25) is 0 Å². The molecular formula is C32H31N5O3. The topological polar surface area (TPSA) is 106 Å². The van der Waals surface area contributed by atoms with E-state index in [0.717, 1.165) is 28.0 Å². The van der Waals surface area contributed by atoms with Crippen LogP contribution in [0.1, 0.15) is 49.2 Å². The Bertz CT molecular complexity index is 1530. The Morgan fingerprint density at radius 1 is 0.900 bits per heavy atom. The monoisotopic (exact) mass is 533 g/mol. The first-order chi connectivity index (χ1) is 19.3. The first-order valence-corrected chi connectivity index (χ1v) is 13.2. The summed E-state index contributed by atoms with van der Waals surface area (Å²) in [5, 5.41) is 5.82. The fourth-order valence-electron chi connectivity index (χ4n) is 4.61. The van der Waals surface area contributed by atoms with Gasteiger partial charge in [0.1, 0.15) is 18.0 Å². The summed E-state index contributed by atoms with van der Waals surface area (Å²) < 4.78 is 5.46. The Morgan fingerprint density at radius 2 is 1.55 bits per heavy atom. The van der Waals surface area contributed by atoms with E-state index in [0.29, 0.717) is 11.3 Å². The first-order valence-electron chi connectivity index (χ1n) is 13.2. The van der Waals surface area contributed by atoms with Gasteiger partial charge in [0.05, 0.1) is 11.4 Å². The standard InChI is InChI=1S/C32H31N5O3/c1-32(2,3)40-31(39)35-26(18-21-12-6-4-7-13-21)30(38)37-29-25-19-33-20-34-28(25)24-17-11-10-16-23(24)27(36-29)22-14-8-5-9-15-22/h4-17,19-20,26,29H,18H2,1-3H3,(H,35,39)(H,37,38)/t26-,29-/m0/s1. The summed E-state index contributed by atoms with van der Waals surface area (Å²) in [6, 6.07) is 26.3. The highest BCUT2D eigenvalue weighted by molar-refractivity contribution is 6.17. The smallest absolute Gasteiger partial charge is 0.408 e. The van der Waals surface area contributed by atoms with Crippen molar-refractivity contribution in [2.75, 3.05) is 0 Å². The lowest BCUT2D eigenvalue weighted by Crippen LogP contribution is -2.50. The second kappa shape index (κ2) is 11.5. The number of hydrogen-bond donors (Lipinski definition) is 2. The number of rotatable bonds is 6. The summed E-state index contributed by atoms with van der Waals surface area (Å²) in [6.45, 7) is 5.33. The molecule has 0 bridgehead atoms. The minimum absolute atomic E-state index is 0.270. The van der Waals surface area contributed by atoms with Gasteiger partial charge in [-0.3, -0.25) is 9.79 Å². The van der Waals surface area contributed by atoms with Crippen molar-refractivity contribution >= 4 is 17.7 Å². The van der Waals surface area contributed by atoms with Crippen LogP contribution in [0.15, 0.2) is 102 Å². The molecule has 2 atom stereocenters. The van der Waals surface area contributed by atoms with Crippen LogP contribution >= 0.6 is 0 Å². The minimum atomic E-state index is -0.911. The number of alkyl carbamates (subject to hydrolysis) is 1. The van der Waals surface area contributed by atoms with Gasteiger partial charge in [0.15, 0.2) is 6.17 Å².